The highest BCUT2D eigenvalue weighted by Crippen LogP contribution is 2.57. The van der Waals surface area contributed by atoms with Gasteiger partial charge < -0.3 is 57.2 Å². The van der Waals surface area contributed by atoms with Gasteiger partial charge in [-0.1, -0.05) is 18.2 Å². The highest BCUT2D eigenvalue weighted by atomic mass is 16.5. The number of phenols is 1. The standard InChI is InChI=1S/C22H24N2O9.C20H24N2O2.2H2O/c1-21(32)7-5-4-6-8(25)9(7)15(26)10-12(21)17(28)13-14(24(2)3)16(27)11(20(23)31)19(30)22(13,33)18(10)29;1-3-13-12-22-9-7-14(13)10-19(22)20(23)16-6-8-21-18-5-4-15(24-2)11-17(16)18;;/h4-6,12-14,17,25-26,28,30,32-33H,1-3H3,(H2,23,31);3-6,8,11,13-14,19-20,23H,1,7,9-10,12H2,2H3;2*1H2/t12-,13-,14+,17+,21-,22+;13-,14-,19+,20-;;/m10../s1. The Morgan fingerprint density at radius 1 is 1.12 bits per heavy atom. The van der Waals surface area contributed by atoms with Gasteiger partial charge in [-0.25, -0.2) is 0 Å². The van der Waals surface area contributed by atoms with E-state index in [0.29, 0.717) is 11.8 Å². The van der Waals surface area contributed by atoms with Crippen molar-refractivity contribution < 1.29 is 65.8 Å². The van der Waals surface area contributed by atoms with E-state index in [1.165, 1.54) is 50.5 Å². The molecule has 2 bridgehead atoms. The van der Waals surface area contributed by atoms with E-state index in [1.807, 2.05) is 24.3 Å². The molecule has 17 nitrogen and oxygen atoms in total. The molecule has 1 unspecified atom stereocenters. The number of primary amides is 1. The summed E-state index contributed by atoms with van der Waals surface area (Å²) in [5.41, 5.74) is 0.0711. The SMILES string of the molecule is C=C[C@H]1CN2CC[C@H]1C[C@@H]2[C@@H](O)c1ccnc2ccc(OC)cc12.CN(C)[C@@H]1C(=O)C(C(N)=O)=C(O)[C@@]2(O)C(=O)C3=C(O)c4c(O)cccc4[C@@](C)(O)[C@H]3[C@H](O)[C@@H]12.O.O. The number of pyridine rings is 1. The van der Waals surface area contributed by atoms with Crippen molar-refractivity contribution >= 4 is 34.1 Å². The Bertz CT molecular complexity index is 2260. The minimum Gasteiger partial charge on any atom is -0.508 e. The molecule has 59 heavy (non-hydrogen) atoms. The number of fused-ring (bicyclic) bond motifs is 7. The lowest BCUT2D eigenvalue weighted by atomic mass is 9.53. The van der Waals surface area contributed by atoms with Crippen LogP contribution in [0.5, 0.6) is 11.5 Å². The summed E-state index contributed by atoms with van der Waals surface area (Å²) in [5.74, 6) is -7.66. The number of Topliss-reactive ketones (excluding diaryl/α,β-unsaturated/α-hetero) is 2. The zero-order chi connectivity index (χ0) is 41.5. The molecule has 11 atom stereocenters. The third-order valence-electron chi connectivity index (χ3n) is 12.9. The number of aromatic nitrogens is 1. The molecule has 4 fully saturated rings. The highest BCUT2D eigenvalue weighted by Gasteiger charge is 2.70. The third-order valence-corrected chi connectivity index (χ3v) is 12.9. The van der Waals surface area contributed by atoms with Crippen LogP contribution in [0.4, 0.5) is 0 Å². The molecule has 9 rings (SSSR count). The summed E-state index contributed by atoms with van der Waals surface area (Å²) in [6, 6.07) is 10.5. The van der Waals surface area contributed by atoms with Gasteiger partial charge >= 0.3 is 0 Å². The van der Waals surface area contributed by atoms with Crippen LogP contribution in [-0.4, -0.2) is 137 Å². The fourth-order valence-electron chi connectivity index (χ4n) is 10.0. The van der Waals surface area contributed by atoms with E-state index < -0.39 is 87.2 Å². The van der Waals surface area contributed by atoms with Crippen LogP contribution in [0.15, 0.2) is 78.2 Å². The van der Waals surface area contributed by atoms with E-state index in [9.17, 15) is 50.1 Å². The predicted octanol–water partition coefficient (Wildman–Crippen LogP) is 0.124. The number of rotatable bonds is 6. The zero-order valence-corrected chi connectivity index (χ0v) is 33.0. The average Bonchev–Trinajstić information content (AvgIpc) is 3.18. The molecule has 1 saturated carbocycles. The van der Waals surface area contributed by atoms with E-state index in [0.717, 1.165) is 41.7 Å². The molecule has 3 saturated heterocycles. The molecule has 13 N–H and O–H groups in total. The number of likely N-dealkylation sites (N-methyl/N-ethyl adjacent to an activating group) is 1. The first-order chi connectivity index (χ1) is 26.9. The summed E-state index contributed by atoms with van der Waals surface area (Å²) in [6.07, 6.45) is 3.75. The summed E-state index contributed by atoms with van der Waals surface area (Å²) in [6.45, 7) is 7.32. The fourth-order valence-corrected chi connectivity index (χ4v) is 10.0. The number of aromatic hydroxyl groups is 1. The summed E-state index contributed by atoms with van der Waals surface area (Å²) in [5, 5.41) is 78.5. The average molecular weight is 821 g/mol. The van der Waals surface area contributed by atoms with Gasteiger partial charge in [-0.05, 0) is 93.7 Å². The molecule has 3 aliphatic heterocycles. The van der Waals surface area contributed by atoms with Gasteiger partial charge in [0.25, 0.3) is 5.91 Å². The Labute approximate surface area is 339 Å². The number of piperidine rings is 3. The van der Waals surface area contributed by atoms with Crippen LogP contribution < -0.4 is 10.5 Å². The van der Waals surface area contributed by atoms with E-state index in [2.05, 4.69) is 22.5 Å². The molecule has 6 aliphatic rings. The number of aliphatic hydroxyl groups excluding tert-OH is 4. The van der Waals surface area contributed by atoms with Crippen LogP contribution in [0, 0.1) is 23.7 Å². The van der Waals surface area contributed by atoms with Crippen LogP contribution in [0.25, 0.3) is 16.7 Å². The van der Waals surface area contributed by atoms with Crippen molar-refractivity contribution in [3.8, 4) is 11.5 Å². The Morgan fingerprint density at radius 2 is 1.81 bits per heavy atom. The number of nitrogens with zero attached hydrogens (tertiary/aromatic N) is 3. The molecule has 0 spiro atoms. The lowest BCUT2D eigenvalue weighted by Crippen LogP contribution is -2.71. The van der Waals surface area contributed by atoms with Gasteiger partial charge in [-0.3, -0.25) is 29.2 Å². The van der Waals surface area contributed by atoms with Crippen LogP contribution in [0.3, 0.4) is 0 Å². The van der Waals surface area contributed by atoms with Crippen molar-refractivity contribution in [2.24, 2.45) is 29.4 Å². The van der Waals surface area contributed by atoms with Crippen molar-refractivity contribution in [1.82, 2.24) is 14.8 Å². The number of phenolic OH excluding ortho intramolecular Hbond substituents is 1. The van der Waals surface area contributed by atoms with Gasteiger partial charge in [-0.2, -0.15) is 0 Å². The second kappa shape index (κ2) is 16.1. The smallest absolute Gasteiger partial charge is 0.255 e. The number of nitrogens with two attached hydrogens (primary N) is 1. The number of amides is 1. The second-order valence-corrected chi connectivity index (χ2v) is 16.0. The Balaban J connectivity index is 0.000000226. The van der Waals surface area contributed by atoms with Crippen LogP contribution >= 0.6 is 0 Å². The minimum atomic E-state index is -3.02. The number of carbonyl (C=O) groups is 3. The lowest BCUT2D eigenvalue weighted by molar-refractivity contribution is -0.181. The van der Waals surface area contributed by atoms with Crippen molar-refractivity contribution in [1.29, 1.82) is 0 Å². The largest absolute Gasteiger partial charge is 0.508 e. The summed E-state index contributed by atoms with van der Waals surface area (Å²) in [4.78, 5) is 46.8. The molecule has 4 heterocycles. The number of ketones is 2. The Morgan fingerprint density at radius 3 is 2.41 bits per heavy atom. The lowest BCUT2D eigenvalue weighted by Gasteiger charge is -2.55. The van der Waals surface area contributed by atoms with Crippen molar-refractivity contribution in [2.45, 2.75) is 55.3 Å². The van der Waals surface area contributed by atoms with Crippen molar-refractivity contribution in [3.63, 3.8) is 0 Å². The summed E-state index contributed by atoms with van der Waals surface area (Å²) < 4.78 is 5.35. The normalized spacial score (nSPS) is 32.4. The first kappa shape index (κ1) is 44.9. The number of aliphatic hydroxyl groups is 6. The maximum Gasteiger partial charge on any atom is 0.255 e. The van der Waals surface area contributed by atoms with Gasteiger partial charge in [0.15, 0.2) is 11.4 Å². The van der Waals surface area contributed by atoms with Crippen LogP contribution in [-0.2, 0) is 20.0 Å². The van der Waals surface area contributed by atoms with E-state index >= 15 is 0 Å². The first-order valence-electron chi connectivity index (χ1n) is 18.8. The number of hydrogen-bond acceptors (Lipinski definition) is 14. The number of benzene rings is 2. The molecule has 17 heteroatoms. The monoisotopic (exact) mass is 820 g/mol. The quantitative estimate of drug-likeness (QED) is 0.121. The summed E-state index contributed by atoms with van der Waals surface area (Å²) >= 11 is 0. The van der Waals surface area contributed by atoms with Gasteiger partial charge in [-0.15, -0.1) is 6.58 Å². The molecule has 3 aromatic rings. The first-order valence-corrected chi connectivity index (χ1v) is 18.8. The maximum absolute atomic E-state index is 13.7. The van der Waals surface area contributed by atoms with E-state index in [4.69, 9.17) is 10.5 Å². The number of hydrogen-bond donors (Lipinski definition) is 8. The van der Waals surface area contributed by atoms with Crippen LogP contribution in [0.2, 0.25) is 0 Å². The molecule has 318 valence electrons. The molecule has 3 aliphatic carbocycles. The van der Waals surface area contributed by atoms with Gasteiger partial charge in [0, 0.05) is 24.2 Å². The number of carbonyl (C=O) groups excluding carboxylic acids is 3. The van der Waals surface area contributed by atoms with Gasteiger partial charge in [0.2, 0.25) is 5.78 Å². The van der Waals surface area contributed by atoms with Crippen molar-refractivity contribution in [2.75, 3.05) is 34.3 Å². The molecular formula is C42H52N4O13. The van der Waals surface area contributed by atoms with Crippen LogP contribution in [0.1, 0.15) is 42.6 Å². The number of ether oxygens (including phenoxy) is 1. The number of methoxy groups -OCH3 is 1. The second-order valence-electron chi connectivity index (χ2n) is 16.0. The molecular weight excluding hydrogens is 768 g/mol. The third kappa shape index (κ3) is 6.67. The van der Waals surface area contributed by atoms with E-state index in [1.54, 1.807) is 13.3 Å². The molecule has 2 aromatic carbocycles. The molecule has 1 amide bonds. The molecule has 1 aromatic heterocycles. The topological polar surface area (TPSA) is 310 Å². The summed E-state index contributed by atoms with van der Waals surface area (Å²) in [7, 11) is 4.46. The highest BCUT2D eigenvalue weighted by molar-refractivity contribution is 6.24. The van der Waals surface area contributed by atoms with Crippen molar-refractivity contribution in [3.05, 3.63) is 94.9 Å². The minimum absolute atomic E-state index is 0. The van der Waals surface area contributed by atoms with Gasteiger partial charge in [0.05, 0.1) is 59.4 Å². The Hall–Kier alpha value is -5.24. The molecule has 0 radical (unpaired) electrons. The Kier molecular flexibility index (Phi) is 12.2. The van der Waals surface area contributed by atoms with E-state index in [-0.39, 0.29) is 28.1 Å². The zero-order valence-electron chi connectivity index (χ0n) is 33.0. The predicted molar refractivity (Wildman–Crippen MR) is 214 cm³/mol. The van der Waals surface area contributed by atoms with Gasteiger partial charge in [0.1, 0.15) is 28.6 Å². The maximum atomic E-state index is 13.7. The fraction of sp³-hybridized carbons (Fsp3) is 0.429.